The average molecular weight is 391 g/mol. The van der Waals surface area contributed by atoms with Crippen LogP contribution in [0.25, 0.3) is 11.1 Å². The third kappa shape index (κ3) is 4.94. The summed E-state index contributed by atoms with van der Waals surface area (Å²) in [4.78, 5) is 29.6. The van der Waals surface area contributed by atoms with E-state index in [-0.39, 0.29) is 18.1 Å². The second kappa shape index (κ2) is 9.36. The Balaban J connectivity index is 1.24. The SMILES string of the molecule is O=C(CCC(=O)N1CCC(N2CCCC2)CC1)c1ccc(-c2ccccc2)cc1. The highest BCUT2D eigenvalue weighted by Gasteiger charge is 2.28. The fourth-order valence-electron chi connectivity index (χ4n) is 4.59. The van der Waals surface area contributed by atoms with Crippen molar-refractivity contribution < 1.29 is 9.59 Å². The molecule has 152 valence electrons. The molecule has 0 saturated carbocycles. The predicted molar refractivity (Wildman–Crippen MR) is 116 cm³/mol. The number of benzene rings is 2. The second-order valence-electron chi connectivity index (χ2n) is 8.22. The quantitative estimate of drug-likeness (QED) is 0.686. The molecule has 0 spiro atoms. The molecule has 2 saturated heterocycles. The molecule has 0 N–H and O–H groups in total. The van der Waals surface area contributed by atoms with E-state index in [1.807, 2.05) is 47.4 Å². The van der Waals surface area contributed by atoms with E-state index in [2.05, 4.69) is 17.0 Å². The van der Waals surface area contributed by atoms with Crippen molar-refractivity contribution in [1.82, 2.24) is 9.80 Å². The van der Waals surface area contributed by atoms with Crippen molar-refractivity contribution in [2.45, 2.75) is 44.6 Å². The first-order chi connectivity index (χ1) is 14.2. The summed E-state index contributed by atoms with van der Waals surface area (Å²) < 4.78 is 0. The van der Waals surface area contributed by atoms with Gasteiger partial charge in [-0.25, -0.2) is 0 Å². The molecular formula is C25H30N2O2. The Morgan fingerprint density at radius 2 is 1.38 bits per heavy atom. The van der Waals surface area contributed by atoms with Crippen LogP contribution < -0.4 is 0 Å². The van der Waals surface area contributed by atoms with Gasteiger partial charge in [0, 0.05) is 37.5 Å². The van der Waals surface area contributed by atoms with E-state index in [4.69, 9.17) is 0 Å². The molecule has 4 rings (SSSR count). The van der Waals surface area contributed by atoms with Gasteiger partial charge >= 0.3 is 0 Å². The van der Waals surface area contributed by atoms with Gasteiger partial charge in [-0.2, -0.15) is 0 Å². The van der Waals surface area contributed by atoms with E-state index in [1.54, 1.807) is 0 Å². The van der Waals surface area contributed by atoms with Gasteiger partial charge in [0.2, 0.25) is 5.91 Å². The standard InChI is InChI=1S/C25H30N2O2/c28-24(22-10-8-21(9-11-22)20-6-2-1-3-7-20)12-13-25(29)27-18-14-23(15-19-27)26-16-4-5-17-26/h1-3,6-11,23H,4-5,12-19H2. The smallest absolute Gasteiger partial charge is 0.223 e. The molecule has 0 bridgehead atoms. The third-order valence-corrected chi connectivity index (χ3v) is 6.35. The number of hydrogen-bond acceptors (Lipinski definition) is 3. The van der Waals surface area contributed by atoms with E-state index in [0.29, 0.717) is 18.0 Å². The molecule has 0 aromatic heterocycles. The monoisotopic (exact) mass is 390 g/mol. The lowest BCUT2D eigenvalue weighted by atomic mass is 10.00. The van der Waals surface area contributed by atoms with Crippen molar-refractivity contribution in [3.8, 4) is 11.1 Å². The molecule has 0 radical (unpaired) electrons. The molecule has 2 heterocycles. The molecule has 1 amide bonds. The van der Waals surface area contributed by atoms with Crippen LogP contribution in [-0.4, -0.2) is 53.7 Å². The van der Waals surface area contributed by atoms with E-state index in [0.717, 1.165) is 37.1 Å². The topological polar surface area (TPSA) is 40.6 Å². The van der Waals surface area contributed by atoms with Gasteiger partial charge < -0.3 is 9.80 Å². The Hall–Kier alpha value is -2.46. The molecule has 2 aliphatic heterocycles. The molecule has 0 atom stereocenters. The van der Waals surface area contributed by atoms with Crippen molar-refractivity contribution >= 4 is 11.7 Å². The molecule has 29 heavy (non-hydrogen) atoms. The molecule has 0 unspecified atom stereocenters. The van der Waals surface area contributed by atoms with E-state index < -0.39 is 0 Å². The second-order valence-corrected chi connectivity index (χ2v) is 8.22. The number of piperidine rings is 1. The minimum absolute atomic E-state index is 0.0462. The number of carbonyl (C=O) groups excluding carboxylic acids is 2. The number of hydrogen-bond donors (Lipinski definition) is 0. The number of Topliss-reactive ketones (excluding diaryl/α,β-unsaturated/α-hetero) is 1. The largest absolute Gasteiger partial charge is 0.343 e. The third-order valence-electron chi connectivity index (χ3n) is 6.35. The van der Waals surface area contributed by atoms with Gasteiger partial charge in [0.15, 0.2) is 5.78 Å². The van der Waals surface area contributed by atoms with Crippen molar-refractivity contribution in [3.63, 3.8) is 0 Å². The van der Waals surface area contributed by atoms with Crippen molar-refractivity contribution in [2.75, 3.05) is 26.2 Å². The highest BCUT2D eigenvalue weighted by molar-refractivity contribution is 5.98. The van der Waals surface area contributed by atoms with Crippen molar-refractivity contribution in [3.05, 3.63) is 60.2 Å². The molecule has 2 aliphatic rings. The van der Waals surface area contributed by atoms with E-state index in [1.165, 1.54) is 25.9 Å². The first-order valence-electron chi connectivity index (χ1n) is 10.9. The lowest BCUT2D eigenvalue weighted by molar-refractivity contribution is -0.132. The number of carbonyl (C=O) groups is 2. The van der Waals surface area contributed by atoms with Crippen LogP contribution in [0.3, 0.4) is 0 Å². The summed E-state index contributed by atoms with van der Waals surface area (Å²) in [6.45, 7) is 4.10. The molecule has 2 aromatic carbocycles. The van der Waals surface area contributed by atoms with Gasteiger partial charge in [-0.1, -0.05) is 54.6 Å². The lowest BCUT2D eigenvalue weighted by Gasteiger charge is -2.36. The van der Waals surface area contributed by atoms with Crippen LogP contribution in [0.4, 0.5) is 0 Å². The zero-order valence-electron chi connectivity index (χ0n) is 17.1. The Labute approximate surface area is 173 Å². The van der Waals surface area contributed by atoms with Crippen LogP contribution in [-0.2, 0) is 4.79 Å². The number of likely N-dealkylation sites (tertiary alicyclic amines) is 2. The Morgan fingerprint density at radius 1 is 0.759 bits per heavy atom. The highest BCUT2D eigenvalue weighted by atomic mass is 16.2. The molecule has 0 aliphatic carbocycles. The van der Waals surface area contributed by atoms with Gasteiger partial charge in [0.1, 0.15) is 0 Å². The Kier molecular flexibility index (Phi) is 6.40. The normalized spacial score (nSPS) is 18.1. The molecular weight excluding hydrogens is 360 g/mol. The fourth-order valence-corrected chi connectivity index (χ4v) is 4.59. The average Bonchev–Trinajstić information content (AvgIpc) is 3.33. The number of amides is 1. The van der Waals surface area contributed by atoms with Crippen molar-refractivity contribution in [1.29, 1.82) is 0 Å². The molecule has 2 fully saturated rings. The minimum Gasteiger partial charge on any atom is -0.343 e. The van der Waals surface area contributed by atoms with Gasteiger partial charge in [-0.3, -0.25) is 9.59 Å². The summed E-state index contributed by atoms with van der Waals surface area (Å²) in [5, 5.41) is 0. The van der Waals surface area contributed by atoms with E-state index >= 15 is 0 Å². The lowest BCUT2D eigenvalue weighted by Crippen LogP contribution is -2.45. The van der Waals surface area contributed by atoms with Gasteiger partial charge in [0.25, 0.3) is 0 Å². The maximum Gasteiger partial charge on any atom is 0.223 e. The number of rotatable bonds is 6. The summed E-state index contributed by atoms with van der Waals surface area (Å²) in [5.74, 6) is 0.170. The highest BCUT2D eigenvalue weighted by Crippen LogP contribution is 2.22. The molecule has 4 nitrogen and oxygen atoms in total. The van der Waals surface area contributed by atoms with Crippen LogP contribution in [0.5, 0.6) is 0 Å². The Morgan fingerprint density at radius 3 is 2.03 bits per heavy atom. The van der Waals surface area contributed by atoms with Gasteiger partial charge in [-0.05, 0) is 49.9 Å². The summed E-state index contributed by atoms with van der Waals surface area (Å²) >= 11 is 0. The maximum absolute atomic E-state index is 12.6. The van der Waals surface area contributed by atoms with Crippen LogP contribution in [0.2, 0.25) is 0 Å². The fraction of sp³-hybridized carbons (Fsp3) is 0.440. The first-order valence-corrected chi connectivity index (χ1v) is 10.9. The summed E-state index contributed by atoms with van der Waals surface area (Å²) in [5.41, 5.74) is 2.92. The summed E-state index contributed by atoms with van der Waals surface area (Å²) in [6.07, 6.45) is 5.37. The number of nitrogens with zero attached hydrogens (tertiary/aromatic N) is 2. The summed E-state index contributed by atoms with van der Waals surface area (Å²) in [7, 11) is 0. The molecule has 2 aromatic rings. The van der Waals surface area contributed by atoms with Crippen LogP contribution in [0.15, 0.2) is 54.6 Å². The number of ketones is 1. The summed E-state index contributed by atoms with van der Waals surface area (Å²) in [6, 6.07) is 18.5. The molecule has 4 heteroatoms. The zero-order valence-corrected chi connectivity index (χ0v) is 17.1. The minimum atomic E-state index is 0.0462. The first kappa shape index (κ1) is 19.8. The zero-order chi connectivity index (χ0) is 20.1. The van der Waals surface area contributed by atoms with Crippen molar-refractivity contribution in [2.24, 2.45) is 0 Å². The predicted octanol–water partition coefficient (Wildman–Crippen LogP) is 4.40. The Bertz CT molecular complexity index is 818. The van der Waals surface area contributed by atoms with Gasteiger partial charge in [-0.15, -0.1) is 0 Å². The van der Waals surface area contributed by atoms with Crippen LogP contribution in [0, 0.1) is 0 Å². The van der Waals surface area contributed by atoms with Crippen LogP contribution in [0.1, 0.15) is 48.9 Å². The van der Waals surface area contributed by atoms with E-state index in [9.17, 15) is 9.59 Å². The van der Waals surface area contributed by atoms with Crippen LogP contribution >= 0.6 is 0 Å². The van der Waals surface area contributed by atoms with Gasteiger partial charge in [0.05, 0.1) is 0 Å². The maximum atomic E-state index is 12.6.